The highest BCUT2D eigenvalue weighted by Gasteiger charge is 2.11. The zero-order chi connectivity index (χ0) is 11.2. The number of rotatable bonds is 3. The first-order chi connectivity index (χ1) is 7.84. The lowest BCUT2D eigenvalue weighted by atomic mass is 10.2. The molecule has 5 heteroatoms. The number of benzene rings is 1. The molecule has 79 valence electrons. The van der Waals surface area contributed by atoms with Crippen LogP contribution in [0.1, 0.15) is 5.56 Å². The quantitative estimate of drug-likeness (QED) is 0.735. The molecule has 0 aliphatic carbocycles. The van der Waals surface area contributed by atoms with Crippen LogP contribution in [0.5, 0.6) is 0 Å². The molecule has 1 amide bonds. The Kier molecular flexibility index (Phi) is 3.08. The number of hydrogen-bond donors (Lipinski definition) is 2. The fourth-order valence-corrected chi connectivity index (χ4v) is 1.17. The Labute approximate surface area is 92.5 Å². The van der Waals surface area contributed by atoms with E-state index in [9.17, 15) is 4.79 Å². The van der Waals surface area contributed by atoms with Crippen molar-refractivity contribution in [3.63, 3.8) is 0 Å². The van der Waals surface area contributed by atoms with Gasteiger partial charge in [0.15, 0.2) is 0 Å². The molecule has 1 aliphatic rings. The summed E-state index contributed by atoms with van der Waals surface area (Å²) < 4.78 is 0. The van der Waals surface area contributed by atoms with Crippen LogP contribution in [-0.4, -0.2) is 5.91 Å². The molecule has 0 unspecified atom stereocenters. The van der Waals surface area contributed by atoms with Gasteiger partial charge in [0.2, 0.25) is 6.20 Å². The molecule has 1 aliphatic heterocycles. The summed E-state index contributed by atoms with van der Waals surface area (Å²) in [6.07, 6.45) is 4.63. The van der Waals surface area contributed by atoms with E-state index >= 15 is 0 Å². The van der Waals surface area contributed by atoms with Crippen molar-refractivity contribution in [2.75, 3.05) is 0 Å². The highest BCUT2D eigenvalue weighted by molar-refractivity contribution is 5.92. The van der Waals surface area contributed by atoms with Gasteiger partial charge in [0, 0.05) is 6.08 Å². The van der Waals surface area contributed by atoms with E-state index in [0.29, 0.717) is 5.82 Å². The molecule has 5 nitrogen and oxygen atoms in total. The molecule has 1 aromatic carbocycles. The van der Waals surface area contributed by atoms with Gasteiger partial charge in [-0.25, -0.2) is 0 Å². The predicted molar refractivity (Wildman–Crippen MR) is 59.4 cm³/mol. The van der Waals surface area contributed by atoms with Crippen LogP contribution in [-0.2, 0) is 4.79 Å². The van der Waals surface area contributed by atoms with Crippen LogP contribution in [0.15, 0.2) is 53.7 Å². The molecule has 0 saturated carbocycles. The minimum atomic E-state index is -0.227. The predicted octanol–water partition coefficient (Wildman–Crippen LogP) is 0.921. The van der Waals surface area contributed by atoms with Gasteiger partial charge >= 0.3 is 0 Å². The Morgan fingerprint density at radius 3 is 2.88 bits per heavy atom. The number of nitrogens with zero attached hydrogens (tertiary/aromatic N) is 2. The second kappa shape index (κ2) is 4.88. The van der Waals surface area contributed by atoms with Gasteiger partial charge in [-0.1, -0.05) is 30.3 Å². The van der Waals surface area contributed by atoms with Gasteiger partial charge in [-0.05, 0) is 11.6 Å². The Morgan fingerprint density at radius 1 is 1.38 bits per heavy atom. The third-order valence-corrected chi connectivity index (χ3v) is 1.90. The Hall–Kier alpha value is -2.43. The molecule has 1 heterocycles. The first-order valence-electron chi connectivity index (χ1n) is 4.75. The molecule has 2 N–H and O–H groups in total. The van der Waals surface area contributed by atoms with Crippen LogP contribution in [0.2, 0.25) is 0 Å². The van der Waals surface area contributed by atoms with E-state index in [0.717, 1.165) is 5.56 Å². The molecule has 0 spiro atoms. The van der Waals surface area contributed by atoms with E-state index in [1.54, 1.807) is 6.08 Å². The summed E-state index contributed by atoms with van der Waals surface area (Å²) >= 11 is 0. The third-order valence-electron chi connectivity index (χ3n) is 1.90. The maximum Gasteiger partial charge on any atom is 0.267 e. The Morgan fingerprint density at radius 2 is 2.19 bits per heavy atom. The summed E-state index contributed by atoms with van der Waals surface area (Å²) in [7, 11) is 0. The van der Waals surface area contributed by atoms with Crippen LogP contribution in [0.4, 0.5) is 0 Å². The van der Waals surface area contributed by atoms with Crippen molar-refractivity contribution in [2.24, 2.45) is 5.22 Å². The first kappa shape index (κ1) is 10.1. The standard InChI is InChI=1S/C11H10N4O/c16-11(13-10-8-12-15-14-10)7-6-9-4-2-1-3-5-9/h1-8H,(H2,13,14,15,16)/q+1. The lowest BCUT2D eigenvalue weighted by Gasteiger charge is -1.95. The van der Waals surface area contributed by atoms with Gasteiger partial charge in [0.1, 0.15) is 5.22 Å². The lowest BCUT2D eigenvalue weighted by molar-refractivity contribution is -0.115. The number of nitrogens with one attached hydrogen (secondary N) is 2. The molecule has 0 atom stereocenters. The number of carbonyl (C=O) groups is 1. The fraction of sp³-hybridized carbons (Fsp3) is 0. The molecular formula is C11H10N4O+. The van der Waals surface area contributed by atoms with E-state index in [4.69, 9.17) is 0 Å². The minimum Gasteiger partial charge on any atom is -0.285 e. The van der Waals surface area contributed by atoms with Crippen molar-refractivity contribution in [2.45, 2.75) is 0 Å². The molecule has 0 saturated heterocycles. The van der Waals surface area contributed by atoms with Gasteiger partial charge in [-0.15, -0.1) is 5.43 Å². The molecule has 1 radical (unpaired) electrons. The topological polar surface area (TPSA) is 67.6 Å². The lowest BCUT2D eigenvalue weighted by Crippen LogP contribution is -2.25. The normalized spacial score (nSPS) is 13.6. The second-order valence-electron chi connectivity index (χ2n) is 3.10. The highest BCUT2D eigenvalue weighted by atomic mass is 16.1. The van der Waals surface area contributed by atoms with E-state index in [-0.39, 0.29) is 5.91 Å². The van der Waals surface area contributed by atoms with Crippen LogP contribution in [0.3, 0.4) is 0 Å². The molecule has 0 aromatic heterocycles. The monoisotopic (exact) mass is 214 g/mol. The van der Waals surface area contributed by atoms with Crippen LogP contribution in [0, 0.1) is 0 Å². The third kappa shape index (κ3) is 2.78. The number of carbonyl (C=O) groups excluding carboxylic acids is 1. The summed E-state index contributed by atoms with van der Waals surface area (Å²) in [6, 6.07) is 9.59. The van der Waals surface area contributed by atoms with Crippen molar-refractivity contribution in [1.82, 2.24) is 15.9 Å². The molecule has 0 fully saturated rings. The average molecular weight is 214 g/mol. The van der Waals surface area contributed by atoms with Crippen molar-refractivity contribution in [3.8, 4) is 0 Å². The second-order valence-corrected chi connectivity index (χ2v) is 3.10. The van der Waals surface area contributed by atoms with Gasteiger partial charge in [0.05, 0.1) is 5.11 Å². The smallest absolute Gasteiger partial charge is 0.267 e. The van der Waals surface area contributed by atoms with Crippen LogP contribution < -0.4 is 15.9 Å². The first-order valence-corrected chi connectivity index (χ1v) is 4.75. The highest BCUT2D eigenvalue weighted by Crippen LogP contribution is 2.00. The van der Waals surface area contributed by atoms with Crippen molar-refractivity contribution < 1.29 is 4.79 Å². The summed E-state index contributed by atoms with van der Waals surface area (Å²) in [4.78, 5) is 11.4. The fourth-order valence-electron chi connectivity index (χ4n) is 1.17. The van der Waals surface area contributed by atoms with Gasteiger partial charge < -0.3 is 0 Å². The summed E-state index contributed by atoms with van der Waals surface area (Å²) in [5.41, 5.74) is 3.51. The van der Waals surface area contributed by atoms with Gasteiger partial charge in [-0.2, -0.15) is 0 Å². The zero-order valence-corrected chi connectivity index (χ0v) is 8.42. The summed E-state index contributed by atoms with van der Waals surface area (Å²) in [5, 5.41) is 9.61. The summed E-state index contributed by atoms with van der Waals surface area (Å²) in [6.45, 7) is 0. The van der Waals surface area contributed by atoms with Crippen molar-refractivity contribution in [3.05, 3.63) is 54.0 Å². The SMILES string of the molecule is O=C(C=Cc1ccccc1)NC1=C[N+]=NN1. The number of hydrogen-bond acceptors (Lipinski definition) is 4. The molecule has 1 aromatic rings. The summed E-state index contributed by atoms with van der Waals surface area (Å²) in [5.74, 6) is 0.248. The van der Waals surface area contributed by atoms with Gasteiger partial charge in [0.25, 0.3) is 11.7 Å². The maximum atomic E-state index is 11.4. The van der Waals surface area contributed by atoms with Crippen molar-refractivity contribution in [1.29, 1.82) is 0 Å². The average Bonchev–Trinajstić information content (AvgIpc) is 2.81. The van der Waals surface area contributed by atoms with E-state index in [1.807, 2.05) is 30.3 Å². The number of amides is 1. The Balaban J connectivity index is 1.90. The Bertz CT molecular complexity index is 462. The van der Waals surface area contributed by atoms with Crippen LogP contribution >= 0.6 is 0 Å². The largest absolute Gasteiger partial charge is 0.285 e. The molecular weight excluding hydrogens is 204 g/mol. The van der Waals surface area contributed by atoms with E-state index in [1.165, 1.54) is 12.3 Å². The van der Waals surface area contributed by atoms with E-state index in [2.05, 4.69) is 21.1 Å². The van der Waals surface area contributed by atoms with E-state index < -0.39 is 0 Å². The molecule has 16 heavy (non-hydrogen) atoms. The minimum absolute atomic E-state index is 0.227. The molecule has 2 rings (SSSR count). The maximum absolute atomic E-state index is 11.4. The molecule has 0 bridgehead atoms. The zero-order valence-electron chi connectivity index (χ0n) is 8.42. The van der Waals surface area contributed by atoms with Crippen molar-refractivity contribution >= 4 is 12.0 Å². The van der Waals surface area contributed by atoms with Crippen LogP contribution in [0.25, 0.3) is 6.08 Å². The van der Waals surface area contributed by atoms with Gasteiger partial charge in [-0.3, -0.25) is 10.1 Å².